The number of aryl methyl sites for hydroxylation is 1. The van der Waals surface area contributed by atoms with Crippen molar-refractivity contribution in [1.82, 2.24) is 4.90 Å². The molecule has 104 valence electrons. The van der Waals surface area contributed by atoms with Gasteiger partial charge >= 0.3 is 0 Å². The molecule has 3 unspecified atom stereocenters. The Balaban J connectivity index is 1.77. The number of phenolic OH excluding ortho intramolecular Hbond substituents is 1. The zero-order chi connectivity index (χ0) is 13.4. The molecule has 0 aromatic heterocycles. The van der Waals surface area contributed by atoms with Crippen molar-refractivity contribution in [3.63, 3.8) is 0 Å². The molecule has 0 radical (unpaired) electrons. The van der Waals surface area contributed by atoms with Gasteiger partial charge in [-0.05, 0) is 50.6 Å². The third-order valence-corrected chi connectivity index (χ3v) is 4.88. The summed E-state index contributed by atoms with van der Waals surface area (Å²) in [6.07, 6.45) is 4.28. The van der Waals surface area contributed by atoms with Crippen LogP contribution in [-0.4, -0.2) is 33.8 Å². The van der Waals surface area contributed by atoms with Crippen molar-refractivity contribution < 1.29 is 10.2 Å². The Morgan fingerprint density at radius 1 is 1.26 bits per heavy atom. The number of aliphatic hydroxyl groups excluding tert-OH is 1. The Hall–Kier alpha value is -1.06. The van der Waals surface area contributed by atoms with E-state index in [0.29, 0.717) is 5.75 Å². The number of aromatic hydroxyl groups is 1. The van der Waals surface area contributed by atoms with Crippen LogP contribution in [-0.2, 0) is 6.54 Å². The van der Waals surface area contributed by atoms with Crippen LogP contribution in [0.3, 0.4) is 0 Å². The average Bonchev–Trinajstić information content (AvgIpc) is 2.42. The van der Waals surface area contributed by atoms with Gasteiger partial charge in [-0.2, -0.15) is 0 Å². The fraction of sp³-hybridized carbons (Fsp3) is 0.625. The number of hydrogen-bond acceptors (Lipinski definition) is 3. The molecule has 3 rings (SSSR count). The number of rotatable bonds is 2. The highest BCUT2D eigenvalue weighted by Gasteiger charge is 2.37. The Bertz CT molecular complexity index is 460. The molecule has 1 aliphatic heterocycles. The fourth-order valence-electron chi connectivity index (χ4n) is 3.65. The molecule has 2 fully saturated rings. The minimum absolute atomic E-state index is 0.191. The normalized spacial score (nSPS) is 31.4. The third kappa shape index (κ3) is 2.49. The zero-order valence-electron chi connectivity index (χ0n) is 11.5. The van der Waals surface area contributed by atoms with E-state index in [9.17, 15) is 10.2 Å². The van der Waals surface area contributed by atoms with Crippen LogP contribution in [0.5, 0.6) is 5.75 Å². The summed E-state index contributed by atoms with van der Waals surface area (Å²) in [6, 6.07) is 6.20. The highest BCUT2D eigenvalue weighted by Crippen LogP contribution is 2.36. The van der Waals surface area contributed by atoms with Gasteiger partial charge in [-0.1, -0.05) is 18.2 Å². The van der Waals surface area contributed by atoms with E-state index in [2.05, 4.69) is 4.90 Å². The molecule has 2 bridgehead atoms. The van der Waals surface area contributed by atoms with Crippen molar-refractivity contribution in [2.24, 2.45) is 5.92 Å². The monoisotopic (exact) mass is 261 g/mol. The molecule has 3 nitrogen and oxygen atoms in total. The molecule has 1 heterocycles. The molecule has 1 aliphatic carbocycles. The van der Waals surface area contributed by atoms with Crippen molar-refractivity contribution >= 4 is 0 Å². The SMILES string of the molecule is Cc1cccc(CN2CCC3CCC(O)C2C3)c1O. The van der Waals surface area contributed by atoms with E-state index < -0.39 is 0 Å². The van der Waals surface area contributed by atoms with E-state index in [-0.39, 0.29) is 12.1 Å². The van der Waals surface area contributed by atoms with Crippen molar-refractivity contribution in [3.05, 3.63) is 29.3 Å². The minimum atomic E-state index is -0.191. The van der Waals surface area contributed by atoms with Crippen molar-refractivity contribution in [2.75, 3.05) is 6.54 Å². The molecule has 0 amide bonds. The molecule has 0 spiro atoms. The van der Waals surface area contributed by atoms with E-state index in [0.717, 1.165) is 43.0 Å². The highest BCUT2D eigenvalue weighted by molar-refractivity contribution is 5.39. The number of benzene rings is 1. The smallest absolute Gasteiger partial charge is 0.122 e. The molecule has 1 aromatic carbocycles. The van der Waals surface area contributed by atoms with E-state index >= 15 is 0 Å². The van der Waals surface area contributed by atoms with Gasteiger partial charge in [0.1, 0.15) is 5.75 Å². The van der Waals surface area contributed by atoms with Crippen LogP contribution >= 0.6 is 0 Å². The maximum atomic E-state index is 10.2. The van der Waals surface area contributed by atoms with Crippen molar-refractivity contribution in [2.45, 2.75) is 51.3 Å². The van der Waals surface area contributed by atoms with Crippen molar-refractivity contribution in [3.8, 4) is 5.75 Å². The van der Waals surface area contributed by atoms with Crippen LogP contribution in [0.2, 0.25) is 0 Å². The molecule has 2 N–H and O–H groups in total. The number of hydrogen-bond donors (Lipinski definition) is 2. The number of phenols is 1. The van der Waals surface area contributed by atoms with Gasteiger partial charge < -0.3 is 10.2 Å². The molecular formula is C16H23NO2. The summed E-state index contributed by atoms with van der Waals surface area (Å²) >= 11 is 0. The molecule has 2 aliphatic rings. The van der Waals surface area contributed by atoms with Gasteiger partial charge in [0.25, 0.3) is 0 Å². The summed E-state index contributed by atoms with van der Waals surface area (Å²) < 4.78 is 0. The molecular weight excluding hydrogens is 238 g/mol. The first-order valence-corrected chi connectivity index (χ1v) is 7.34. The van der Waals surface area contributed by atoms with Gasteiger partial charge in [-0.15, -0.1) is 0 Å². The largest absolute Gasteiger partial charge is 0.507 e. The highest BCUT2D eigenvalue weighted by atomic mass is 16.3. The lowest BCUT2D eigenvalue weighted by molar-refractivity contribution is -0.0313. The summed E-state index contributed by atoms with van der Waals surface area (Å²) in [4.78, 5) is 2.36. The maximum Gasteiger partial charge on any atom is 0.122 e. The van der Waals surface area contributed by atoms with Crippen LogP contribution < -0.4 is 0 Å². The van der Waals surface area contributed by atoms with Gasteiger partial charge in [0.05, 0.1) is 6.10 Å². The summed E-state index contributed by atoms with van der Waals surface area (Å²) in [6.45, 7) is 3.72. The van der Waals surface area contributed by atoms with Crippen LogP contribution in [0, 0.1) is 12.8 Å². The van der Waals surface area contributed by atoms with Crippen LogP contribution in [0.25, 0.3) is 0 Å². The Morgan fingerprint density at radius 3 is 2.95 bits per heavy atom. The summed E-state index contributed by atoms with van der Waals surface area (Å²) in [5.41, 5.74) is 1.91. The first-order chi connectivity index (χ1) is 9.15. The summed E-state index contributed by atoms with van der Waals surface area (Å²) in [5.74, 6) is 1.21. The summed E-state index contributed by atoms with van der Waals surface area (Å²) in [5, 5.41) is 20.3. The second kappa shape index (κ2) is 5.14. The van der Waals surface area contributed by atoms with Gasteiger partial charge in [-0.25, -0.2) is 0 Å². The van der Waals surface area contributed by atoms with Gasteiger partial charge in [0.15, 0.2) is 0 Å². The molecule has 3 atom stereocenters. The Morgan fingerprint density at radius 2 is 2.11 bits per heavy atom. The molecule has 19 heavy (non-hydrogen) atoms. The van der Waals surface area contributed by atoms with E-state index in [1.54, 1.807) is 0 Å². The topological polar surface area (TPSA) is 43.7 Å². The predicted octanol–water partition coefficient (Wildman–Crippen LogP) is 2.44. The second-order valence-electron chi connectivity index (χ2n) is 6.16. The van der Waals surface area contributed by atoms with Gasteiger partial charge in [0.2, 0.25) is 0 Å². The van der Waals surface area contributed by atoms with E-state index in [1.807, 2.05) is 25.1 Å². The molecule has 1 saturated carbocycles. The standard InChI is InChI=1S/C16H23NO2/c1-11-3-2-4-13(16(11)19)10-17-8-7-12-5-6-15(18)14(17)9-12/h2-4,12,14-15,18-19H,5-10H2,1H3. The number of nitrogens with zero attached hydrogens (tertiary/aromatic N) is 1. The van der Waals surface area contributed by atoms with Gasteiger partial charge in [0, 0.05) is 18.2 Å². The number of likely N-dealkylation sites (tertiary alicyclic amines) is 1. The molecule has 1 saturated heterocycles. The summed E-state index contributed by atoms with van der Waals surface area (Å²) in [7, 11) is 0. The third-order valence-electron chi connectivity index (χ3n) is 4.88. The Kier molecular flexibility index (Phi) is 3.50. The number of para-hydroxylation sites is 1. The second-order valence-corrected chi connectivity index (χ2v) is 6.16. The molecule has 1 aromatic rings. The number of aliphatic hydroxyl groups is 1. The first-order valence-electron chi connectivity index (χ1n) is 7.34. The number of piperidine rings is 1. The molecule has 3 heteroatoms. The van der Waals surface area contributed by atoms with Gasteiger partial charge in [-0.3, -0.25) is 4.90 Å². The Labute approximate surface area is 114 Å². The first kappa shape index (κ1) is 12.9. The zero-order valence-corrected chi connectivity index (χ0v) is 11.5. The lowest BCUT2D eigenvalue weighted by Crippen LogP contribution is -2.51. The average molecular weight is 261 g/mol. The fourth-order valence-corrected chi connectivity index (χ4v) is 3.65. The van der Waals surface area contributed by atoms with Crippen LogP contribution in [0.4, 0.5) is 0 Å². The quantitative estimate of drug-likeness (QED) is 0.859. The lowest BCUT2D eigenvalue weighted by atomic mass is 9.78. The minimum Gasteiger partial charge on any atom is -0.507 e. The van der Waals surface area contributed by atoms with Crippen molar-refractivity contribution in [1.29, 1.82) is 0 Å². The van der Waals surface area contributed by atoms with E-state index in [4.69, 9.17) is 0 Å². The van der Waals surface area contributed by atoms with E-state index in [1.165, 1.54) is 12.8 Å². The predicted molar refractivity (Wildman–Crippen MR) is 75.0 cm³/mol. The van der Waals surface area contributed by atoms with Crippen LogP contribution in [0.1, 0.15) is 36.8 Å². The van der Waals surface area contributed by atoms with Crippen LogP contribution in [0.15, 0.2) is 18.2 Å². The lowest BCUT2D eigenvalue weighted by Gasteiger charge is -2.45. The maximum absolute atomic E-state index is 10.2. The number of fused-ring (bicyclic) bond motifs is 2.